The summed E-state index contributed by atoms with van der Waals surface area (Å²) in [6.07, 6.45) is 0.594. The smallest absolute Gasteiger partial charge is 0.303 e. The molecule has 1 heterocycles. The van der Waals surface area contributed by atoms with Crippen molar-refractivity contribution in [1.29, 1.82) is 0 Å². The Morgan fingerprint density at radius 2 is 2.10 bits per heavy atom. The summed E-state index contributed by atoms with van der Waals surface area (Å²) >= 11 is 0. The second-order valence-corrected chi connectivity index (χ2v) is 4.66. The fourth-order valence-corrected chi connectivity index (χ4v) is 1.97. The molecule has 1 saturated heterocycles. The minimum atomic E-state index is -0.814. The van der Waals surface area contributed by atoms with E-state index >= 15 is 0 Å². The van der Waals surface area contributed by atoms with Crippen LogP contribution in [0.4, 0.5) is 5.69 Å². The van der Waals surface area contributed by atoms with Gasteiger partial charge in [-0.2, -0.15) is 0 Å². The molecule has 1 amide bonds. The highest BCUT2D eigenvalue weighted by atomic mass is 16.5. The lowest BCUT2D eigenvalue weighted by molar-refractivity contribution is -0.137. The number of hydrogen-bond donors (Lipinski definition) is 3. The Hall–Kier alpha value is -1.92. The van der Waals surface area contributed by atoms with Gasteiger partial charge >= 0.3 is 5.97 Å². The number of aryl methyl sites for hydroxylation is 1. The van der Waals surface area contributed by atoms with E-state index in [9.17, 15) is 9.59 Å². The molecule has 6 nitrogen and oxygen atoms in total. The first-order valence-corrected chi connectivity index (χ1v) is 6.58. The average Bonchev–Trinajstić information content (AvgIpc) is 2.47. The monoisotopic (exact) mass is 278 g/mol. The zero-order valence-corrected chi connectivity index (χ0v) is 11.1. The van der Waals surface area contributed by atoms with Gasteiger partial charge in [-0.05, 0) is 24.1 Å². The number of nitrogens with one attached hydrogen (secondary N) is 2. The minimum absolute atomic E-state index is 0.106. The summed E-state index contributed by atoms with van der Waals surface area (Å²) in [5, 5.41) is 14.5. The summed E-state index contributed by atoms with van der Waals surface area (Å²) in [4.78, 5) is 22.4. The molecule has 1 aliphatic heterocycles. The van der Waals surface area contributed by atoms with Crippen LogP contribution in [0.15, 0.2) is 24.3 Å². The number of carboxylic acid groups (broad SMARTS) is 1. The van der Waals surface area contributed by atoms with Gasteiger partial charge in [0.2, 0.25) is 5.91 Å². The molecule has 0 saturated carbocycles. The molecule has 0 aromatic heterocycles. The van der Waals surface area contributed by atoms with Crippen LogP contribution in [0.3, 0.4) is 0 Å². The van der Waals surface area contributed by atoms with Crippen LogP contribution in [0, 0.1) is 0 Å². The molecule has 1 aromatic carbocycles. The second kappa shape index (κ2) is 7.02. The van der Waals surface area contributed by atoms with Crippen molar-refractivity contribution in [3.63, 3.8) is 0 Å². The lowest BCUT2D eigenvalue weighted by Gasteiger charge is -2.22. The number of ether oxygens (including phenoxy) is 1. The first kappa shape index (κ1) is 14.5. The summed E-state index contributed by atoms with van der Waals surface area (Å²) in [7, 11) is 0. The predicted octanol–water partition coefficient (Wildman–Crippen LogP) is 0.631. The average molecular weight is 278 g/mol. The highest BCUT2D eigenvalue weighted by Crippen LogP contribution is 2.12. The molecular weight excluding hydrogens is 260 g/mol. The summed E-state index contributed by atoms with van der Waals surface area (Å²) in [6.45, 7) is 1.68. The standard InChI is InChI=1S/C14H18N2O4/c17-13(18)6-3-10-1-4-11(5-2-10)16-14(19)12-9-20-8-7-15-12/h1-2,4-5,12,15H,3,6-9H2,(H,16,19)(H,17,18). The normalized spacial score (nSPS) is 18.5. The van der Waals surface area contributed by atoms with Crippen molar-refractivity contribution in [3.05, 3.63) is 29.8 Å². The van der Waals surface area contributed by atoms with E-state index in [1.165, 1.54) is 0 Å². The predicted molar refractivity (Wildman–Crippen MR) is 73.6 cm³/mol. The Bertz CT molecular complexity index is 467. The zero-order chi connectivity index (χ0) is 14.4. The zero-order valence-electron chi connectivity index (χ0n) is 11.1. The van der Waals surface area contributed by atoms with Crippen LogP contribution in [0.1, 0.15) is 12.0 Å². The fraction of sp³-hybridized carbons (Fsp3) is 0.429. The maximum absolute atomic E-state index is 11.9. The van der Waals surface area contributed by atoms with Crippen LogP contribution in [0.25, 0.3) is 0 Å². The van der Waals surface area contributed by atoms with Gasteiger partial charge in [0.1, 0.15) is 6.04 Å². The lowest BCUT2D eigenvalue weighted by atomic mass is 10.1. The van der Waals surface area contributed by atoms with E-state index in [1.807, 2.05) is 12.1 Å². The lowest BCUT2D eigenvalue weighted by Crippen LogP contribution is -2.48. The maximum atomic E-state index is 11.9. The number of carbonyl (C=O) groups excluding carboxylic acids is 1. The van der Waals surface area contributed by atoms with Crippen LogP contribution < -0.4 is 10.6 Å². The van der Waals surface area contributed by atoms with Gasteiger partial charge < -0.3 is 20.5 Å². The SMILES string of the molecule is O=C(O)CCc1ccc(NC(=O)C2COCCN2)cc1. The Balaban J connectivity index is 1.86. The molecule has 2 rings (SSSR count). The molecule has 3 N–H and O–H groups in total. The molecular formula is C14H18N2O4. The van der Waals surface area contributed by atoms with E-state index in [4.69, 9.17) is 9.84 Å². The van der Waals surface area contributed by atoms with Gasteiger partial charge in [-0.15, -0.1) is 0 Å². The van der Waals surface area contributed by atoms with Crippen molar-refractivity contribution in [2.45, 2.75) is 18.9 Å². The Morgan fingerprint density at radius 1 is 1.35 bits per heavy atom. The number of morpholine rings is 1. The fourth-order valence-electron chi connectivity index (χ4n) is 1.97. The molecule has 0 bridgehead atoms. The summed E-state index contributed by atoms with van der Waals surface area (Å²) < 4.78 is 5.24. The summed E-state index contributed by atoms with van der Waals surface area (Å²) in [5.74, 6) is -0.936. The highest BCUT2D eigenvalue weighted by Gasteiger charge is 2.20. The molecule has 1 fully saturated rings. The van der Waals surface area contributed by atoms with Crippen LogP contribution in [-0.2, 0) is 20.7 Å². The van der Waals surface area contributed by atoms with E-state index in [0.29, 0.717) is 31.9 Å². The maximum Gasteiger partial charge on any atom is 0.303 e. The molecule has 6 heteroatoms. The van der Waals surface area contributed by atoms with Crippen molar-refractivity contribution in [2.24, 2.45) is 0 Å². The number of rotatable bonds is 5. The first-order chi connectivity index (χ1) is 9.65. The number of carboxylic acids is 1. The molecule has 1 aromatic rings. The highest BCUT2D eigenvalue weighted by molar-refractivity contribution is 5.95. The van der Waals surface area contributed by atoms with Gasteiger partial charge in [0, 0.05) is 18.7 Å². The van der Waals surface area contributed by atoms with Gasteiger partial charge in [0.15, 0.2) is 0 Å². The number of benzene rings is 1. The van der Waals surface area contributed by atoms with Gasteiger partial charge in [-0.1, -0.05) is 12.1 Å². The third-order valence-electron chi connectivity index (χ3n) is 3.09. The van der Waals surface area contributed by atoms with Gasteiger partial charge in [0.05, 0.1) is 13.2 Å². The van der Waals surface area contributed by atoms with Crippen molar-refractivity contribution >= 4 is 17.6 Å². The molecule has 0 aliphatic carbocycles. The minimum Gasteiger partial charge on any atom is -0.481 e. The number of hydrogen-bond acceptors (Lipinski definition) is 4. The van der Waals surface area contributed by atoms with E-state index in [0.717, 1.165) is 5.56 Å². The molecule has 108 valence electrons. The van der Waals surface area contributed by atoms with Crippen molar-refractivity contribution in [3.8, 4) is 0 Å². The van der Waals surface area contributed by atoms with Crippen molar-refractivity contribution in [2.75, 3.05) is 25.1 Å². The largest absolute Gasteiger partial charge is 0.481 e. The van der Waals surface area contributed by atoms with Crippen LogP contribution in [0.5, 0.6) is 0 Å². The second-order valence-electron chi connectivity index (χ2n) is 4.66. The summed E-state index contributed by atoms with van der Waals surface area (Å²) in [6, 6.07) is 6.87. The first-order valence-electron chi connectivity index (χ1n) is 6.58. The third-order valence-corrected chi connectivity index (χ3v) is 3.09. The van der Waals surface area contributed by atoms with E-state index in [1.54, 1.807) is 12.1 Å². The Labute approximate surface area is 117 Å². The topological polar surface area (TPSA) is 87.7 Å². The molecule has 20 heavy (non-hydrogen) atoms. The molecule has 1 aliphatic rings. The Morgan fingerprint density at radius 3 is 2.70 bits per heavy atom. The summed E-state index contributed by atoms with van der Waals surface area (Å²) in [5.41, 5.74) is 1.63. The number of anilines is 1. The van der Waals surface area contributed by atoms with Crippen molar-refractivity contribution < 1.29 is 19.4 Å². The van der Waals surface area contributed by atoms with Gasteiger partial charge in [-0.25, -0.2) is 0 Å². The van der Waals surface area contributed by atoms with Crippen LogP contribution in [0.2, 0.25) is 0 Å². The van der Waals surface area contributed by atoms with Crippen LogP contribution >= 0.6 is 0 Å². The molecule has 1 unspecified atom stereocenters. The van der Waals surface area contributed by atoms with Crippen molar-refractivity contribution in [1.82, 2.24) is 5.32 Å². The van der Waals surface area contributed by atoms with Crippen LogP contribution in [-0.4, -0.2) is 42.8 Å². The quantitative estimate of drug-likeness (QED) is 0.735. The number of carbonyl (C=O) groups is 2. The van der Waals surface area contributed by atoms with E-state index < -0.39 is 5.97 Å². The van der Waals surface area contributed by atoms with E-state index in [-0.39, 0.29) is 18.4 Å². The molecule has 1 atom stereocenters. The van der Waals surface area contributed by atoms with Gasteiger partial charge in [-0.3, -0.25) is 9.59 Å². The number of amides is 1. The number of aliphatic carboxylic acids is 1. The molecule has 0 spiro atoms. The Kier molecular flexibility index (Phi) is 5.09. The van der Waals surface area contributed by atoms with E-state index in [2.05, 4.69) is 10.6 Å². The molecule has 0 radical (unpaired) electrons. The van der Waals surface area contributed by atoms with Gasteiger partial charge in [0.25, 0.3) is 0 Å². The third kappa shape index (κ3) is 4.32.